The standard InChI is InChI=1S/C8H9BN2O2/c1-6-4-7(9(12)13)5-11-3-2-10-8(6)11/h2-5,12-13H,1H3. The van der Waals surface area contributed by atoms with Gasteiger partial charge in [0.1, 0.15) is 5.65 Å². The summed E-state index contributed by atoms with van der Waals surface area (Å²) in [5.41, 5.74) is 2.24. The summed E-state index contributed by atoms with van der Waals surface area (Å²) >= 11 is 0. The summed E-state index contributed by atoms with van der Waals surface area (Å²) in [4.78, 5) is 4.12. The first-order valence-electron chi connectivity index (χ1n) is 3.98. The molecule has 0 atom stereocenters. The molecule has 2 aromatic heterocycles. The molecule has 0 saturated heterocycles. The van der Waals surface area contributed by atoms with Crippen LogP contribution in [0, 0.1) is 6.92 Å². The Hall–Kier alpha value is -1.33. The summed E-state index contributed by atoms with van der Waals surface area (Å²) < 4.78 is 1.77. The lowest BCUT2D eigenvalue weighted by molar-refractivity contribution is 0.425. The van der Waals surface area contributed by atoms with Gasteiger partial charge in [-0.3, -0.25) is 0 Å². The zero-order valence-corrected chi connectivity index (χ0v) is 7.18. The van der Waals surface area contributed by atoms with E-state index in [4.69, 9.17) is 10.0 Å². The van der Waals surface area contributed by atoms with Gasteiger partial charge in [-0.2, -0.15) is 0 Å². The van der Waals surface area contributed by atoms with Gasteiger partial charge in [-0.1, -0.05) is 6.07 Å². The average molecular weight is 176 g/mol. The van der Waals surface area contributed by atoms with Gasteiger partial charge in [-0.15, -0.1) is 0 Å². The van der Waals surface area contributed by atoms with E-state index in [9.17, 15) is 0 Å². The van der Waals surface area contributed by atoms with Gasteiger partial charge in [-0.05, 0) is 17.9 Å². The normalized spacial score (nSPS) is 10.7. The molecule has 0 amide bonds. The molecule has 0 aliphatic carbocycles. The maximum absolute atomic E-state index is 8.97. The Kier molecular flexibility index (Phi) is 1.83. The van der Waals surface area contributed by atoms with E-state index in [0.717, 1.165) is 11.2 Å². The first kappa shape index (κ1) is 8.28. The Morgan fingerprint density at radius 1 is 1.46 bits per heavy atom. The number of aromatic nitrogens is 2. The number of hydrogen-bond acceptors (Lipinski definition) is 3. The quantitative estimate of drug-likeness (QED) is 0.566. The fourth-order valence-electron chi connectivity index (χ4n) is 1.38. The summed E-state index contributed by atoms with van der Waals surface area (Å²) in [6, 6.07) is 1.72. The Labute approximate surface area is 75.6 Å². The van der Waals surface area contributed by atoms with Crippen LogP contribution in [0.25, 0.3) is 5.65 Å². The van der Waals surface area contributed by atoms with Crippen LogP contribution in [0.5, 0.6) is 0 Å². The van der Waals surface area contributed by atoms with Crippen molar-refractivity contribution in [3.63, 3.8) is 0 Å². The fraction of sp³-hybridized carbons (Fsp3) is 0.125. The number of fused-ring (bicyclic) bond motifs is 1. The lowest BCUT2D eigenvalue weighted by atomic mass is 9.81. The summed E-state index contributed by atoms with van der Waals surface area (Å²) in [7, 11) is -1.43. The van der Waals surface area contributed by atoms with E-state index in [1.165, 1.54) is 0 Å². The molecule has 0 radical (unpaired) electrons. The number of nitrogens with zero attached hydrogens (tertiary/aromatic N) is 2. The summed E-state index contributed by atoms with van der Waals surface area (Å²) in [6.07, 6.45) is 5.10. The van der Waals surface area contributed by atoms with Gasteiger partial charge in [0.2, 0.25) is 0 Å². The van der Waals surface area contributed by atoms with Gasteiger partial charge in [0.05, 0.1) is 0 Å². The predicted molar refractivity (Wildman–Crippen MR) is 49.8 cm³/mol. The van der Waals surface area contributed by atoms with Gasteiger partial charge >= 0.3 is 7.12 Å². The molecule has 0 aliphatic heterocycles. The van der Waals surface area contributed by atoms with Crippen LogP contribution in [0.1, 0.15) is 5.56 Å². The molecule has 0 saturated carbocycles. The number of imidazole rings is 1. The third-order valence-electron chi connectivity index (χ3n) is 1.99. The van der Waals surface area contributed by atoms with Crippen molar-refractivity contribution in [1.82, 2.24) is 9.38 Å². The molecular weight excluding hydrogens is 167 g/mol. The van der Waals surface area contributed by atoms with Crippen LogP contribution >= 0.6 is 0 Å². The topological polar surface area (TPSA) is 57.8 Å². The molecule has 4 nitrogen and oxygen atoms in total. The second-order valence-electron chi connectivity index (χ2n) is 2.99. The minimum absolute atomic E-state index is 0.475. The third-order valence-corrected chi connectivity index (χ3v) is 1.99. The Balaban J connectivity index is 2.70. The zero-order valence-electron chi connectivity index (χ0n) is 7.18. The van der Waals surface area contributed by atoms with E-state index in [1.807, 2.05) is 6.92 Å². The maximum Gasteiger partial charge on any atom is 0.489 e. The average Bonchev–Trinajstić information content (AvgIpc) is 2.51. The first-order chi connectivity index (χ1) is 6.18. The first-order valence-corrected chi connectivity index (χ1v) is 3.98. The van der Waals surface area contributed by atoms with Crippen molar-refractivity contribution < 1.29 is 10.0 Å². The molecule has 0 spiro atoms. The lowest BCUT2D eigenvalue weighted by Crippen LogP contribution is -2.30. The van der Waals surface area contributed by atoms with Crippen molar-refractivity contribution in [3.8, 4) is 0 Å². The van der Waals surface area contributed by atoms with Crippen molar-refractivity contribution in [2.24, 2.45) is 0 Å². The Morgan fingerprint density at radius 2 is 2.23 bits per heavy atom. The smallest absolute Gasteiger partial charge is 0.423 e. The fourth-order valence-corrected chi connectivity index (χ4v) is 1.38. The number of rotatable bonds is 1. The molecule has 5 heteroatoms. The van der Waals surface area contributed by atoms with Gasteiger partial charge in [0.15, 0.2) is 0 Å². The second kappa shape index (κ2) is 2.87. The van der Waals surface area contributed by atoms with Crippen molar-refractivity contribution in [1.29, 1.82) is 0 Å². The van der Waals surface area contributed by atoms with Crippen molar-refractivity contribution in [2.75, 3.05) is 0 Å². The van der Waals surface area contributed by atoms with E-state index < -0.39 is 7.12 Å². The molecule has 66 valence electrons. The molecule has 0 unspecified atom stereocenters. The van der Waals surface area contributed by atoms with E-state index in [0.29, 0.717) is 5.46 Å². The molecule has 2 N–H and O–H groups in total. The molecule has 0 aromatic carbocycles. The minimum Gasteiger partial charge on any atom is -0.423 e. The van der Waals surface area contributed by atoms with Crippen LogP contribution in [-0.4, -0.2) is 26.6 Å². The minimum atomic E-state index is -1.43. The molecule has 2 rings (SSSR count). The molecule has 2 heterocycles. The molecule has 0 fully saturated rings. The Bertz CT molecular complexity index is 439. The van der Waals surface area contributed by atoms with Crippen LogP contribution in [0.3, 0.4) is 0 Å². The van der Waals surface area contributed by atoms with Crippen LogP contribution in [0.2, 0.25) is 0 Å². The summed E-state index contributed by atoms with van der Waals surface area (Å²) in [5, 5.41) is 17.9. The maximum atomic E-state index is 8.97. The molecule has 0 aliphatic rings. The van der Waals surface area contributed by atoms with E-state index in [1.54, 1.807) is 29.1 Å². The van der Waals surface area contributed by atoms with Gasteiger partial charge in [-0.25, -0.2) is 4.98 Å². The monoisotopic (exact) mass is 176 g/mol. The zero-order chi connectivity index (χ0) is 9.42. The summed E-state index contributed by atoms with van der Waals surface area (Å²) in [6.45, 7) is 1.88. The highest BCUT2D eigenvalue weighted by molar-refractivity contribution is 6.58. The summed E-state index contributed by atoms with van der Waals surface area (Å²) in [5.74, 6) is 0. The van der Waals surface area contributed by atoms with E-state index >= 15 is 0 Å². The number of pyridine rings is 1. The number of aryl methyl sites for hydroxylation is 1. The van der Waals surface area contributed by atoms with Crippen molar-refractivity contribution in [2.45, 2.75) is 6.92 Å². The Morgan fingerprint density at radius 3 is 2.92 bits per heavy atom. The lowest BCUT2D eigenvalue weighted by Gasteiger charge is -2.03. The predicted octanol–water partition coefficient (Wildman–Crippen LogP) is -0.677. The molecular formula is C8H9BN2O2. The SMILES string of the molecule is Cc1cc(B(O)O)cn2ccnc12. The van der Waals surface area contributed by atoms with Crippen LogP contribution in [-0.2, 0) is 0 Å². The molecule has 2 aromatic rings. The second-order valence-corrected chi connectivity index (χ2v) is 2.99. The van der Waals surface area contributed by atoms with Crippen LogP contribution < -0.4 is 5.46 Å². The van der Waals surface area contributed by atoms with Crippen LogP contribution in [0.15, 0.2) is 24.7 Å². The number of hydrogen-bond donors (Lipinski definition) is 2. The van der Waals surface area contributed by atoms with Gasteiger partial charge in [0.25, 0.3) is 0 Å². The highest BCUT2D eigenvalue weighted by Crippen LogP contribution is 2.04. The largest absolute Gasteiger partial charge is 0.489 e. The highest BCUT2D eigenvalue weighted by Gasteiger charge is 2.12. The molecule has 0 bridgehead atoms. The highest BCUT2D eigenvalue weighted by atomic mass is 16.4. The van der Waals surface area contributed by atoms with Crippen molar-refractivity contribution in [3.05, 3.63) is 30.2 Å². The van der Waals surface area contributed by atoms with E-state index in [2.05, 4.69) is 4.98 Å². The third kappa shape index (κ3) is 1.32. The van der Waals surface area contributed by atoms with Gasteiger partial charge in [0, 0.05) is 18.6 Å². The van der Waals surface area contributed by atoms with Crippen molar-refractivity contribution >= 4 is 18.2 Å². The van der Waals surface area contributed by atoms with Crippen LogP contribution in [0.4, 0.5) is 0 Å². The molecule has 13 heavy (non-hydrogen) atoms. The van der Waals surface area contributed by atoms with Gasteiger partial charge < -0.3 is 14.4 Å². The van der Waals surface area contributed by atoms with E-state index in [-0.39, 0.29) is 0 Å².